The van der Waals surface area contributed by atoms with Crippen LogP contribution < -0.4 is 11.1 Å². The van der Waals surface area contributed by atoms with Gasteiger partial charge in [-0.3, -0.25) is 4.79 Å². The first kappa shape index (κ1) is 18.1. The van der Waals surface area contributed by atoms with Crippen molar-refractivity contribution in [2.24, 2.45) is 11.7 Å². The van der Waals surface area contributed by atoms with E-state index < -0.39 is 21.7 Å². The lowest BCUT2D eigenvalue weighted by molar-refractivity contribution is -0.119. The lowest BCUT2D eigenvalue weighted by atomic mass is 10.1. The zero-order valence-corrected chi connectivity index (χ0v) is 13.6. The minimum absolute atomic E-state index is 0.0560. The Bertz CT molecular complexity index is 670. The highest BCUT2D eigenvalue weighted by molar-refractivity contribution is 7.90. The van der Waals surface area contributed by atoms with E-state index in [9.17, 15) is 18.0 Å². The highest BCUT2D eigenvalue weighted by Gasteiger charge is 2.17. The third kappa shape index (κ3) is 4.81. The predicted octanol–water partition coefficient (Wildman–Crippen LogP) is 0.800. The van der Waals surface area contributed by atoms with Crippen LogP contribution in [0.1, 0.15) is 24.2 Å². The first-order valence-corrected chi connectivity index (χ1v) is 8.61. The number of ether oxygens (including phenoxy) is 1. The van der Waals surface area contributed by atoms with E-state index in [1.54, 1.807) is 13.8 Å². The summed E-state index contributed by atoms with van der Waals surface area (Å²) in [4.78, 5) is 23.6. The maximum absolute atomic E-state index is 11.9. The molecule has 0 aliphatic carbocycles. The molecule has 1 atom stereocenters. The first-order valence-electron chi connectivity index (χ1n) is 6.72. The van der Waals surface area contributed by atoms with Crippen molar-refractivity contribution in [1.29, 1.82) is 0 Å². The Balaban J connectivity index is 3.24. The molecule has 1 unspecified atom stereocenters. The smallest absolute Gasteiger partial charge is 0.338 e. The second kappa shape index (κ2) is 7.37. The highest BCUT2D eigenvalue weighted by atomic mass is 32.2. The van der Waals surface area contributed by atoms with Gasteiger partial charge >= 0.3 is 5.97 Å². The van der Waals surface area contributed by atoms with E-state index in [1.807, 2.05) is 0 Å². The number of carbonyl (C=O) groups excluding carboxylic acids is 2. The van der Waals surface area contributed by atoms with Gasteiger partial charge in [0.2, 0.25) is 5.91 Å². The molecule has 1 rings (SSSR count). The van der Waals surface area contributed by atoms with E-state index in [0.717, 1.165) is 6.26 Å². The summed E-state index contributed by atoms with van der Waals surface area (Å²) >= 11 is 0. The largest absolute Gasteiger partial charge is 0.462 e. The summed E-state index contributed by atoms with van der Waals surface area (Å²) in [5.74, 6) is -1.45. The van der Waals surface area contributed by atoms with E-state index in [-0.39, 0.29) is 35.2 Å². The van der Waals surface area contributed by atoms with Crippen LogP contribution in [0.3, 0.4) is 0 Å². The molecular weight excluding hydrogens is 308 g/mol. The van der Waals surface area contributed by atoms with Crippen LogP contribution in [0.15, 0.2) is 23.1 Å². The van der Waals surface area contributed by atoms with Gasteiger partial charge in [-0.2, -0.15) is 0 Å². The van der Waals surface area contributed by atoms with Crippen molar-refractivity contribution >= 4 is 27.4 Å². The number of hydrogen-bond acceptors (Lipinski definition) is 6. The fraction of sp³-hybridized carbons (Fsp3) is 0.429. The number of benzene rings is 1. The van der Waals surface area contributed by atoms with Gasteiger partial charge in [0.05, 0.1) is 17.1 Å². The molecule has 0 radical (unpaired) electrons. The van der Waals surface area contributed by atoms with Gasteiger partial charge in [-0.1, -0.05) is 6.92 Å². The zero-order chi connectivity index (χ0) is 16.9. The van der Waals surface area contributed by atoms with E-state index in [0.29, 0.717) is 0 Å². The van der Waals surface area contributed by atoms with Crippen LogP contribution >= 0.6 is 0 Å². The number of nitrogens with one attached hydrogen (secondary N) is 1. The molecular formula is C14H20N2O5S. The Morgan fingerprint density at radius 2 is 1.95 bits per heavy atom. The fourth-order valence-electron chi connectivity index (χ4n) is 1.59. The first-order chi connectivity index (χ1) is 10.2. The van der Waals surface area contributed by atoms with Crippen LogP contribution in [0.25, 0.3) is 0 Å². The molecule has 1 amide bonds. The Labute approximate surface area is 129 Å². The second-order valence-electron chi connectivity index (χ2n) is 4.86. The molecule has 122 valence electrons. The molecule has 1 aromatic rings. The van der Waals surface area contributed by atoms with Crippen molar-refractivity contribution in [3.63, 3.8) is 0 Å². The van der Waals surface area contributed by atoms with Gasteiger partial charge in [0.15, 0.2) is 9.84 Å². The fourth-order valence-corrected chi connectivity index (χ4v) is 2.27. The van der Waals surface area contributed by atoms with Crippen LogP contribution in [0, 0.1) is 5.92 Å². The Morgan fingerprint density at radius 3 is 2.45 bits per heavy atom. The molecule has 0 aliphatic heterocycles. The maximum atomic E-state index is 11.9. The second-order valence-corrected chi connectivity index (χ2v) is 6.88. The van der Waals surface area contributed by atoms with Gasteiger partial charge in [-0.15, -0.1) is 0 Å². The average molecular weight is 328 g/mol. The SMILES string of the molecule is CCOC(=O)c1cc(NC(=O)C(C)CN)cc(S(C)(=O)=O)c1. The Kier molecular flexibility index (Phi) is 6.07. The molecule has 3 N–H and O–H groups in total. The molecule has 0 bridgehead atoms. The zero-order valence-electron chi connectivity index (χ0n) is 12.8. The number of nitrogens with two attached hydrogens (primary N) is 1. The summed E-state index contributed by atoms with van der Waals surface area (Å²) in [6.07, 6.45) is 1.02. The highest BCUT2D eigenvalue weighted by Crippen LogP contribution is 2.20. The van der Waals surface area contributed by atoms with Crippen molar-refractivity contribution in [1.82, 2.24) is 0 Å². The Hall–Kier alpha value is -1.93. The van der Waals surface area contributed by atoms with Gasteiger partial charge < -0.3 is 15.8 Å². The average Bonchev–Trinajstić information content (AvgIpc) is 2.45. The van der Waals surface area contributed by atoms with Crippen molar-refractivity contribution in [2.75, 3.05) is 24.7 Å². The summed E-state index contributed by atoms with van der Waals surface area (Å²) in [6.45, 7) is 3.60. The van der Waals surface area contributed by atoms with Gasteiger partial charge in [-0.25, -0.2) is 13.2 Å². The lowest BCUT2D eigenvalue weighted by Gasteiger charge is -2.12. The molecule has 0 aliphatic rings. The van der Waals surface area contributed by atoms with Crippen LogP contribution in [0.2, 0.25) is 0 Å². The molecule has 0 saturated carbocycles. The number of rotatable bonds is 6. The molecule has 7 nitrogen and oxygen atoms in total. The number of amides is 1. The molecule has 0 fully saturated rings. The minimum atomic E-state index is -3.54. The maximum Gasteiger partial charge on any atom is 0.338 e. The molecule has 0 heterocycles. The number of carbonyl (C=O) groups is 2. The van der Waals surface area contributed by atoms with Crippen LogP contribution in [0.4, 0.5) is 5.69 Å². The monoisotopic (exact) mass is 328 g/mol. The molecule has 0 spiro atoms. The lowest BCUT2D eigenvalue weighted by Crippen LogP contribution is -2.26. The van der Waals surface area contributed by atoms with E-state index in [1.165, 1.54) is 18.2 Å². The van der Waals surface area contributed by atoms with E-state index in [2.05, 4.69) is 5.32 Å². The summed E-state index contributed by atoms with van der Waals surface area (Å²) in [5, 5.41) is 2.55. The number of hydrogen-bond donors (Lipinski definition) is 2. The third-order valence-corrected chi connectivity index (χ3v) is 4.01. The Morgan fingerprint density at radius 1 is 1.32 bits per heavy atom. The van der Waals surface area contributed by atoms with Gasteiger partial charge in [0.25, 0.3) is 0 Å². The third-order valence-electron chi connectivity index (χ3n) is 2.91. The number of esters is 1. The quantitative estimate of drug-likeness (QED) is 0.746. The summed E-state index contributed by atoms with van der Waals surface area (Å²) in [7, 11) is -3.54. The molecule has 0 aromatic heterocycles. The topological polar surface area (TPSA) is 116 Å². The van der Waals surface area contributed by atoms with Crippen molar-refractivity contribution in [3.05, 3.63) is 23.8 Å². The van der Waals surface area contributed by atoms with Gasteiger partial charge in [-0.05, 0) is 25.1 Å². The van der Waals surface area contributed by atoms with E-state index in [4.69, 9.17) is 10.5 Å². The van der Waals surface area contributed by atoms with E-state index >= 15 is 0 Å². The van der Waals surface area contributed by atoms with Crippen LogP contribution in [-0.2, 0) is 19.4 Å². The van der Waals surface area contributed by atoms with Gasteiger partial charge in [0, 0.05) is 24.4 Å². The molecule has 0 saturated heterocycles. The summed E-state index contributed by atoms with van der Waals surface area (Å²) in [6, 6.07) is 3.88. The predicted molar refractivity (Wildman–Crippen MR) is 82.4 cm³/mol. The minimum Gasteiger partial charge on any atom is -0.462 e. The van der Waals surface area contributed by atoms with Crippen molar-refractivity contribution in [3.8, 4) is 0 Å². The molecule has 8 heteroatoms. The van der Waals surface area contributed by atoms with Crippen molar-refractivity contribution in [2.45, 2.75) is 18.7 Å². The normalized spacial score (nSPS) is 12.5. The number of sulfone groups is 1. The standard InChI is InChI=1S/C14H20N2O5S/c1-4-21-14(18)10-5-11(16-13(17)9(2)8-15)7-12(6-10)22(3,19)20/h5-7,9H,4,8,15H2,1-3H3,(H,16,17). The molecule has 1 aromatic carbocycles. The number of anilines is 1. The van der Waals surface area contributed by atoms with Gasteiger partial charge in [0.1, 0.15) is 0 Å². The van der Waals surface area contributed by atoms with Crippen LogP contribution in [0.5, 0.6) is 0 Å². The summed E-state index contributed by atoms with van der Waals surface area (Å²) in [5.41, 5.74) is 5.67. The van der Waals surface area contributed by atoms with Crippen LogP contribution in [-0.4, -0.2) is 39.7 Å². The van der Waals surface area contributed by atoms with Crippen molar-refractivity contribution < 1.29 is 22.7 Å². The molecule has 22 heavy (non-hydrogen) atoms. The summed E-state index contributed by atoms with van der Waals surface area (Å²) < 4.78 is 28.3.